The van der Waals surface area contributed by atoms with Gasteiger partial charge < -0.3 is 15.4 Å². The molecule has 22 heavy (non-hydrogen) atoms. The summed E-state index contributed by atoms with van der Waals surface area (Å²) in [6.45, 7) is 5.53. The third kappa shape index (κ3) is 4.03. The van der Waals surface area contributed by atoms with E-state index >= 15 is 0 Å². The van der Waals surface area contributed by atoms with Crippen LogP contribution >= 0.6 is 0 Å². The van der Waals surface area contributed by atoms with Gasteiger partial charge in [-0.05, 0) is 56.4 Å². The van der Waals surface area contributed by atoms with Crippen LogP contribution in [0.5, 0.6) is 5.75 Å². The molecule has 120 valence electrons. The molecule has 1 fully saturated rings. The van der Waals surface area contributed by atoms with E-state index in [1.165, 1.54) is 6.42 Å². The van der Waals surface area contributed by atoms with Crippen molar-refractivity contribution in [1.82, 2.24) is 4.90 Å². The Morgan fingerprint density at radius 3 is 2.91 bits per heavy atom. The molecule has 2 rings (SSSR count). The lowest BCUT2D eigenvalue weighted by atomic mass is 10.00. The van der Waals surface area contributed by atoms with Gasteiger partial charge in [0.2, 0.25) is 5.91 Å². The summed E-state index contributed by atoms with van der Waals surface area (Å²) in [5.74, 6) is 0.784. The van der Waals surface area contributed by atoms with Crippen molar-refractivity contribution >= 4 is 17.7 Å². The zero-order valence-electron chi connectivity index (χ0n) is 13.5. The van der Waals surface area contributed by atoms with E-state index in [0.717, 1.165) is 31.4 Å². The van der Waals surface area contributed by atoms with Crippen LogP contribution in [-0.4, -0.2) is 30.0 Å². The molecule has 0 bridgehead atoms. The van der Waals surface area contributed by atoms with Gasteiger partial charge in [0, 0.05) is 18.7 Å². The highest BCUT2D eigenvalue weighted by Gasteiger charge is 2.23. The van der Waals surface area contributed by atoms with Crippen LogP contribution < -0.4 is 10.5 Å². The van der Waals surface area contributed by atoms with Gasteiger partial charge in [-0.25, -0.2) is 0 Å². The molecule has 1 aliphatic heterocycles. The summed E-state index contributed by atoms with van der Waals surface area (Å²) in [7, 11) is 0. The van der Waals surface area contributed by atoms with Crippen molar-refractivity contribution in [2.24, 2.45) is 0 Å². The van der Waals surface area contributed by atoms with Gasteiger partial charge in [0.1, 0.15) is 5.75 Å². The van der Waals surface area contributed by atoms with Crippen molar-refractivity contribution in [2.45, 2.75) is 45.6 Å². The first-order valence-electron chi connectivity index (χ1n) is 8.16. The van der Waals surface area contributed by atoms with E-state index < -0.39 is 0 Å². The third-order valence-electron chi connectivity index (χ3n) is 4.13. The van der Waals surface area contributed by atoms with Gasteiger partial charge in [-0.2, -0.15) is 0 Å². The number of benzene rings is 1. The monoisotopic (exact) mass is 302 g/mol. The Hall–Kier alpha value is -1.97. The van der Waals surface area contributed by atoms with Gasteiger partial charge in [0.25, 0.3) is 0 Å². The average molecular weight is 302 g/mol. The largest absolute Gasteiger partial charge is 0.492 e. The molecule has 4 nitrogen and oxygen atoms in total. The molecule has 1 atom stereocenters. The maximum absolute atomic E-state index is 12.4. The second-order valence-electron chi connectivity index (χ2n) is 5.65. The first kappa shape index (κ1) is 16.4. The number of rotatable bonds is 5. The summed E-state index contributed by atoms with van der Waals surface area (Å²) in [5.41, 5.74) is 7.46. The van der Waals surface area contributed by atoms with Crippen LogP contribution in [0.1, 0.15) is 45.1 Å². The number of hydrogen-bond acceptors (Lipinski definition) is 3. The number of carbonyl (C=O) groups excluding carboxylic acids is 1. The predicted octanol–water partition coefficient (Wildman–Crippen LogP) is 3.47. The number of likely N-dealkylation sites (tertiary alicyclic amines) is 1. The highest BCUT2D eigenvalue weighted by Crippen LogP contribution is 2.24. The van der Waals surface area contributed by atoms with Gasteiger partial charge >= 0.3 is 0 Å². The Kier molecular flexibility index (Phi) is 5.87. The molecule has 1 aromatic carbocycles. The molecule has 0 spiro atoms. The predicted molar refractivity (Wildman–Crippen MR) is 90.7 cm³/mol. The van der Waals surface area contributed by atoms with Gasteiger partial charge in [-0.3, -0.25) is 4.79 Å². The van der Waals surface area contributed by atoms with Crippen LogP contribution in [0.2, 0.25) is 0 Å². The summed E-state index contributed by atoms with van der Waals surface area (Å²) in [5, 5.41) is 0. The Balaban J connectivity index is 2.04. The number of anilines is 1. The van der Waals surface area contributed by atoms with E-state index in [0.29, 0.717) is 24.1 Å². The first-order valence-corrected chi connectivity index (χ1v) is 8.16. The smallest absolute Gasteiger partial charge is 0.246 e. The number of ether oxygens (including phenoxy) is 1. The Labute approximate surface area is 132 Å². The Morgan fingerprint density at radius 2 is 2.23 bits per heavy atom. The fourth-order valence-electron chi connectivity index (χ4n) is 2.94. The van der Waals surface area contributed by atoms with Crippen LogP contribution in [-0.2, 0) is 4.79 Å². The minimum Gasteiger partial charge on any atom is -0.492 e. The summed E-state index contributed by atoms with van der Waals surface area (Å²) >= 11 is 0. The lowest BCUT2D eigenvalue weighted by molar-refractivity contribution is -0.129. The molecule has 0 aliphatic carbocycles. The van der Waals surface area contributed by atoms with E-state index in [2.05, 4.69) is 6.92 Å². The topological polar surface area (TPSA) is 55.6 Å². The standard InChI is InChI=1S/C18H26N2O2/c1-3-15-7-5-6-12-20(15)18(21)11-9-14-8-10-17(22-4-2)16(19)13-14/h8-11,13,15H,3-7,12,19H2,1-2H3/b11-9-. The molecule has 0 saturated carbocycles. The molecule has 4 heteroatoms. The van der Waals surface area contributed by atoms with Crippen LogP contribution in [0.15, 0.2) is 24.3 Å². The molecule has 1 amide bonds. The molecule has 1 heterocycles. The van der Waals surface area contributed by atoms with Crippen molar-refractivity contribution in [3.05, 3.63) is 29.8 Å². The Bertz CT molecular complexity index is 540. The molecule has 0 radical (unpaired) electrons. The van der Waals surface area contributed by atoms with Crippen molar-refractivity contribution in [2.75, 3.05) is 18.9 Å². The van der Waals surface area contributed by atoms with Crippen molar-refractivity contribution in [3.8, 4) is 5.75 Å². The lowest BCUT2D eigenvalue weighted by Crippen LogP contribution is -2.42. The molecule has 1 unspecified atom stereocenters. The molecule has 1 saturated heterocycles. The van der Waals surface area contributed by atoms with Gasteiger partial charge in [0.05, 0.1) is 12.3 Å². The molecular weight excluding hydrogens is 276 g/mol. The number of piperidine rings is 1. The minimum absolute atomic E-state index is 0.0963. The summed E-state index contributed by atoms with van der Waals surface area (Å²) < 4.78 is 5.42. The number of nitrogens with zero attached hydrogens (tertiary/aromatic N) is 1. The van der Waals surface area contributed by atoms with Crippen molar-refractivity contribution in [1.29, 1.82) is 0 Å². The molecule has 2 N–H and O–H groups in total. The Morgan fingerprint density at radius 1 is 1.41 bits per heavy atom. The number of carbonyl (C=O) groups is 1. The SMILES string of the molecule is CCOc1ccc(/C=C\C(=O)N2CCCCC2CC)cc1N. The molecular formula is C18H26N2O2. The van der Waals surface area contributed by atoms with Crippen LogP contribution in [0.3, 0.4) is 0 Å². The first-order chi connectivity index (χ1) is 10.7. The fourth-order valence-corrected chi connectivity index (χ4v) is 2.94. The number of hydrogen-bond donors (Lipinski definition) is 1. The third-order valence-corrected chi connectivity index (χ3v) is 4.13. The van der Waals surface area contributed by atoms with Gasteiger partial charge in [0.15, 0.2) is 0 Å². The molecule has 1 aromatic rings. The zero-order valence-corrected chi connectivity index (χ0v) is 13.5. The van der Waals surface area contributed by atoms with Crippen molar-refractivity contribution in [3.63, 3.8) is 0 Å². The van der Waals surface area contributed by atoms with Crippen LogP contribution in [0.4, 0.5) is 5.69 Å². The quantitative estimate of drug-likeness (QED) is 0.669. The van der Waals surface area contributed by atoms with E-state index in [1.54, 1.807) is 6.08 Å². The average Bonchev–Trinajstić information content (AvgIpc) is 2.55. The van der Waals surface area contributed by atoms with Gasteiger partial charge in [-0.15, -0.1) is 0 Å². The number of nitrogen functional groups attached to an aromatic ring is 1. The fraction of sp³-hybridized carbons (Fsp3) is 0.500. The maximum Gasteiger partial charge on any atom is 0.246 e. The summed E-state index contributed by atoms with van der Waals surface area (Å²) in [4.78, 5) is 14.4. The molecule has 1 aliphatic rings. The highest BCUT2D eigenvalue weighted by molar-refractivity contribution is 5.92. The number of nitrogens with two attached hydrogens (primary N) is 1. The second-order valence-corrected chi connectivity index (χ2v) is 5.65. The lowest BCUT2D eigenvalue weighted by Gasteiger charge is -2.34. The molecule has 0 aromatic heterocycles. The van der Waals surface area contributed by atoms with E-state index in [9.17, 15) is 4.79 Å². The number of amides is 1. The maximum atomic E-state index is 12.4. The van der Waals surface area contributed by atoms with E-state index in [1.807, 2.05) is 36.1 Å². The normalized spacial score (nSPS) is 18.6. The zero-order chi connectivity index (χ0) is 15.9. The van der Waals surface area contributed by atoms with Gasteiger partial charge in [-0.1, -0.05) is 13.0 Å². The second kappa shape index (κ2) is 7.87. The summed E-state index contributed by atoms with van der Waals surface area (Å²) in [6, 6.07) is 5.98. The highest BCUT2D eigenvalue weighted by atomic mass is 16.5. The van der Waals surface area contributed by atoms with Crippen LogP contribution in [0.25, 0.3) is 6.08 Å². The van der Waals surface area contributed by atoms with Crippen LogP contribution in [0, 0.1) is 0 Å². The summed E-state index contributed by atoms with van der Waals surface area (Å²) in [6.07, 6.45) is 7.95. The van der Waals surface area contributed by atoms with E-state index in [-0.39, 0.29) is 5.91 Å². The minimum atomic E-state index is 0.0963. The van der Waals surface area contributed by atoms with Crippen molar-refractivity contribution < 1.29 is 9.53 Å². The van der Waals surface area contributed by atoms with E-state index in [4.69, 9.17) is 10.5 Å².